The van der Waals surface area contributed by atoms with Gasteiger partial charge in [0.1, 0.15) is 6.26 Å². The van der Waals surface area contributed by atoms with Crippen LogP contribution >= 0.6 is 0 Å². The van der Waals surface area contributed by atoms with Gasteiger partial charge in [0, 0.05) is 18.5 Å². The van der Waals surface area contributed by atoms with Gasteiger partial charge in [0.25, 0.3) is 0 Å². The third-order valence-electron chi connectivity index (χ3n) is 3.98. The second-order valence-corrected chi connectivity index (χ2v) is 5.72. The lowest BCUT2D eigenvalue weighted by molar-refractivity contribution is -0.141. The number of aromatic nitrogens is 1. The molecule has 0 spiro atoms. The standard InChI is InChI=1S/C14H19N3O3/c18-13(15-12-6-7-20-16-12)9-17(8-10-4-5-10)14(19)11-2-1-3-11/h6-7,10-11H,1-5,8-9H2,(H,15,16,18). The van der Waals surface area contributed by atoms with E-state index >= 15 is 0 Å². The average Bonchev–Trinajstić information content (AvgIpc) is 3.01. The Morgan fingerprint density at radius 1 is 1.35 bits per heavy atom. The molecule has 2 aliphatic carbocycles. The molecule has 20 heavy (non-hydrogen) atoms. The van der Waals surface area contributed by atoms with Crippen LogP contribution in [0.3, 0.4) is 0 Å². The zero-order chi connectivity index (χ0) is 13.9. The van der Waals surface area contributed by atoms with Gasteiger partial charge < -0.3 is 14.7 Å². The first-order valence-corrected chi connectivity index (χ1v) is 7.21. The molecule has 0 radical (unpaired) electrons. The monoisotopic (exact) mass is 277 g/mol. The highest BCUT2D eigenvalue weighted by molar-refractivity contribution is 5.94. The fraction of sp³-hybridized carbons (Fsp3) is 0.643. The van der Waals surface area contributed by atoms with Crippen LogP contribution in [-0.2, 0) is 9.59 Å². The maximum absolute atomic E-state index is 12.3. The Bertz CT molecular complexity index is 478. The minimum absolute atomic E-state index is 0.110. The number of rotatable bonds is 6. The highest BCUT2D eigenvalue weighted by Gasteiger charge is 2.33. The highest BCUT2D eigenvalue weighted by atomic mass is 16.5. The Labute approximate surface area is 117 Å². The van der Waals surface area contributed by atoms with Gasteiger partial charge in [-0.3, -0.25) is 9.59 Å². The van der Waals surface area contributed by atoms with Gasteiger partial charge in [-0.15, -0.1) is 0 Å². The van der Waals surface area contributed by atoms with Crippen molar-refractivity contribution in [2.24, 2.45) is 11.8 Å². The van der Waals surface area contributed by atoms with Crippen molar-refractivity contribution < 1.29 is 14.1 Å². The number of hydrogen-bond acceptors (Lipinski definition) is 4. The van der Waals surface area contributed by atoms with Crippen molar-refractivity contribution >= 4 is 17.6 Å². The fourth-order valence-electron chi connectivity index (χ4n) is 2.39. The number of hydrogen-bond donors (Lipinski definition) is 1. The second-order valence-electron chi connectivity index (χ2n) is 5.72. The Kier molecular flexibility index (Phi) is 3.71. The number of carbonyl (C=O) groups excluding carboxylic acids is 2. The van der Waals surface area contributed by atoms with Crippen LogP contribution in [0.2, 0.25) is 0 Å². The van der Waals surface area contributed by atoms with Gasteiger partial charge in [-0.25, -0.2) is 0 Å². The smallest absolute Gasteiger partial charge is 0.245 e. The fourth-order valence-corrected chi connectivity index (χ4v) is 2.39. The molecule has 2 amide bonds. The van der Waals surface area contributed by atoms with Crippen molar-refractivity contribution in [3.63, 3.8) is 0 Å². The van der Waals surface area contributed by atoms with E-state index in [1.165, 1.54) is 19.1 Å². The van der Waals surface area contributed by atoms with E-state index in [2.05, 4.69) is 15.0 Å². The normalized spacial score (nSPS) is 18.4. The SMILES string of the molecule is O=C(CN(CC1CC1)C(=O)C1CCC1)Nc1ccon1. The molecule has 2 aliphatic rings. The topological polar surface area (TPSA) is 75.4 Å². The average molecular weight is 277 g/mol. The van der Waals surface area contributed by atoms with Crippen molar-refractivity contribution in [2.45, 2.75) is 32.1 Å². The summed E-state index contributed by atoms with van der Waals surface area (Å²) in [7, 11) is 0. The third-order valence-corrected chi connectivity index (χ3v) is 3.98. The lowest BCUT2D eigenvalue weighted by Gasteiger charge is -2.31. The zero-order valence-corrected chi connectivity index (χ0v) is 11.4. The van der Waals surface area contributed by atoms with E-state index in [9.17, 15) is 9.59 Å². The molecule has 1 aromatic rings. The van der Waals surface area contributed by atoms with Crippen LogP contribution in [0.4, 0.5) is 5.82 Å². The molecule has 3 rings (SSSR count). The molecule has 0 aliphatic heterocycles. The summed E-state index contributed by atoms with van der Waals surface area (Å²) >= 11 is 0. The van der Waals surface area contributed by atoms with Gasteiger partial charge in [0.05, 0.1) is 6.54 Å². The van der Waals surface area contributed by atoms with Crippen molar-refractivity contribution in [2.75, 3.05) is 18.4 Å². The first kappa shape index (κ1) is 13.1. The highest BCUT2D eigenvalue weighted by Crippen LogP contribution is 2.33. The van der Waals surface area contributed by atoms with E-state index in [0.717, 1.165) is 19.3 Å². The summed E-state index contributed by atoms with van der Waals surface area (Å²) in [5.41, 5.74) is 0. The number of carbonyl (C=O) groups is 2. The Morgan fingerprint density at radius 3 is 2.70 bits per heavy atom. The van der Waals surface area contributed by atoms with Crippen LogP contribution in [0, 0.1) is 11.8 Å². The van der Waals surface area contributed by atoms with Crippen LogP contribution in [0.5, 0.6) is 0 Å². The van der Waals surface area contributed by atoms with Crippen LogP contribution < -0.4 is 5.32 Å². The predicted octanol–water partition coefficient (Wildman–Crippen LogP) is 1.65. The molecule has 108 valence electrons. The summed E-state index contributed by atoms with van der Waals surface area (Å²) in [5.74, 6) is 1.02. The quantitative estimate of drug-likeness (QED) is 0.858. The third kappa shape index (κ3) is 3.18. The van der Waals surface area contributed by atoms with Crippen LogP contribution in [0.1, 0.15) is 32.1 Å². The molecular formula is C14H19N3O3. The molecule has 1 aromatic heterocycles. The van der Waals surface area contributed by atoms with Gasteiger partial charge in [0.2, 0.25) is 11.8 Å². The summed E-state index contributed by atoms with van der Waals surface area (Å²) in [4.78, 5) is 26.0. The zero-order valence-electron chi connectivity index (χ0n) is 11.4. The number of anilines is 1. The molecule has 0 aromatic carbocycles. The van der Waals surface area contributed by atoms with E-state index in [0.29, 0.717) is 18.3 Å². The summed E-state index contributed by atoms with van der Waals surface area (Å²) in [6, 6.07) is 1.58. The van der Waals surface area contributed by atoms with Gasteiger partial charge in [-0.1, -0.05) is 11.6 Å². The largest absolute Gasteiger partial charge is 0.363 e. The molecule has 6 nitrogen and oxygen atoms in total. The lowest BCUT2D eigenvalue weighted by atomic mass is 9.84. The summed E-state index contributed by atoms with van der Waals surface area (Å²) in [6.07, 6.45) is 6.78. The van der Waals surface area contributed by atoms with Gasteiger partial charge in [-0.05, 0) is 31.6 Å². The lowest BCUT2D eigenvalue weighted by Crippen LogP contribution is -2.44. The van der Waals surface area contributed by atoms with E-state index < -0.39 is 0 Å². The Morgan fingerprint density at radius 2 is 2.15 bits per heavy atom. The summed E-state index contributed by atoms with van der Waals surface area (Å²) < 4.78 is 4.66. The minimum Gasteiger partial charge on any atom is -0.363 e. The molecular weight excluding hydrogens is 258 g/mol. The molecule has 1 N–H and O–H groups in total. The van der Waals surface area contributed by atoms with Crippen molar-refractivity contribution in [3.05, 3.63) is 12.3 Å². The van der Waals surface area contributed by atoms with E-state index in [-0.39, 0.29) is 24.3 Å². The number of amides is 2. The number of nitrogens with zero attached hydrogens (tertiary/aromatic N) is 2. The van der Waals surface area contributed by atoms with Crippen molar-refractivity contribution in [1.29, 1.82) is 0 Å². The van der Waals surface area contributed by atoms with E-state index in [4.69, 9.17) is 0 Å². The molecule has 2 saturated carbocycles. The maximum atomic E-state index is 12.3. The molecule has 0 unspecified atom stereocenters. The van der Waals surface area contributed by atoms with Crippen LogP contribution in [0.15, 0.2) is 16.9 Å². The Hall–Kier alpha value is -1.85. The molecule has 2 fully saturated rings. The van der Waals surface area contributed by atoms with Gasteiger partial charge >= 0.3 is 0 Å². The molecule has 1 heterocycles. The predicted molar refractivity (Wildman–Crippen MR) is 71.8 cm³/mol. The Balaban J connectivity index is 1.56. The second kappa shape index (κ2) is 5.64. The van der Waals surface area contributed by atoms with Gasteiger partial charge in [-0.2, -0.15) is 0 Å². The molecule has 6 heteroatoms. The van der Waals surface area contributed by atoms with Crippen LogP contribution in [-0.4, -0.2) is 35.0 Å². The first-order valence-electron chi connectivity index (χ1n) is 7.21. The van der Waals surface area contributed by atoms with Crippen molar-refractivity contribution in [3.8, 4) is 0 Å². The van der Waals surface area contributed by atoms with Crippen LogP contribution in [0.25, 0.3) is 0 Å². The van der Waals surface area contributed by atoms with E-state index in [1.807, 2.05) is 0 Å². The minimum atomic E-state index is -0.216. The molecule has 0 atom stereocenters. The van der Waals surface area contributed by atoms with Crippen molar-refractivity contribution in [1.82, 2.24) is 10.1 Å². The summed E-state index contributed by atoms with van der Waals surface area (Å²) in [5, 5.41) is 6.27. The van der Waals surface area contributed by atoms with E-state index in [1.54, 1.807) is 11.0 Å². The number of nitrogens with one attached hydrogen (secondary N) is 1. The summed E-state index contributed by atoms with van der Waals surface area (Å²) in [6.45, 7) is 0.820. The molecule has 0 bridgehead atoms. The molecule has 0 saturated heterocycles. The van der Waals surface area contributed by atoms with Gasteiger partial charge in [0.15, 0.2) is 5.82 Å². The first-order chi connectivity index (χ1) is 9.72. The maximum Gasteiger partial charge on any atom is 0.245 e.